The number of carbonyl (C=O) groups excluding carboxylic acids is 1. The van der Waals surface area contributed by atoms with Crippen LogP contribution in [0.3, 0.4) is 0 Å². The summed E-state index contributed by atoms with van der Waals surface area (Å²) in [6, 6.07) is 0. The molecule has 2 fully saturated rings. The number of likely N-dealkylation sites (tertiary alicyclic amines) is 1. The van der Waals surface area contributed by atoms with Gasteiger partial charge in [0.1, 0.15) is 0 Å². The molecule has 1 N–H and O–H groups in total. The fourth-order valence-electron chi connectivity index (χ4n) is 3.49. The molecule has 0 spiro atoms. The van der Waals surface area contributed by atoms with Gasteiger partial charge in [0, 0.05) is 26.6 Å². The largest absolute Gasteiger partial charge is 0.481 e. The summed E-state index contributed by atoms with van der Waals surface area (Å²) in [5.74, 6) is -0.385. The van der Waals surface area contributed by atoms with E-state index in [1.807, 2.05) is 0 Å². The van der Waals surface area contributed by atoms with E-state index in [1.54, 1.807) is 12.0 Å². The van der Waals surface area contributed by atoms with Crippen LogP contribution in [0.25, 0.3) is 0 Å². The Morgan fingerprint density at radius 3 is 2.55 bits per heavy atom. The van der Waals surface area contributed by atoms with Crippen molar-refractivity contribution in [3.8, 4) is 0 Å². The van der Waals surface area contributed by atoms with Crippen LogP contribution >= 0.6 is 0 Å². The third-order valence-electron chi connectivity index (χ3n) is 5.05. The molecule has 1 aliphatic heterocycles. The number of methoxy groups -OCH3 is 1. The highest BCUT2D eigenvalue weighted by Crippen LogP contribution is 2.42. The SMILES string of the molecule is COC1CN(C(=O)CC2(C(=O)O)CCCC2)CCC1C. The van der Waals surface area contributed by atoms with Crippen LogP contribution in [0.4, 0.5) is 0 Å². The summed E-state index contributed by atoms with van der Waals surface area (Å²) < 4.78 is 5.42. The maximum Gasteiger partial charge on any atom is 0.310 e. The van der Waals surface area contributed by atoms with Crippen LogP contribution in [0.1, 0.15) is 45.4 Å². The fourth-order valence-corrected chi connectivity index (χ4v) is 3.49. The Kier molecular flexibility index (Phi) is 4.68. The maximum atomic E-state index is 12.4. The van der Waals surface area contributed by atoms with Gasteiger partial charge in [0.25, 0.3) is 0 Å². The molecule has 1 saturated carbocycles. The Balaban J connectivity index is 1.99. The third-order valence-corrected chi connectivity index (χ3v) is 5.05. The summed E-state index contributed by atoms with van der Waals surface area (Å²) >= 11 is 0. The summed E-state index contributed by atoms with van der Waals surface area (Å²) in [6.07, 6.45) is 4.22. The molecule has 20 heavy (non-hydrogen) atoms. The van der Waals surface area contributed by atoms with Gasteiger partial charge in [-0.05, 0) is 25.2 Å². The minimum Gasteiger partial charge on any atom is -0.481 e. The van der Waals surface area contributed by atoms with Crippen LogP contribution in [0.5, 0.6) is 0 Å². The Bertz CT molecular complexity index is 376. The van der Waals surface area contributed by atoms with Gasteiger partial charge in [-0.3, -0.25) is 9.59 Å². The van der Waals surface area contributed by atoms with E-state index in [-0.39, 0.29) is 18.4 Å². The average molecular weight is 283 g/mol. The Hall–Kier alpha value is -1.10. The van der Waals surface area contributed by atoms with Crippen molar-refractivity contribution in [3.05, 3.63) is 0 Å². The minimum absolute atomic E-state index is 0.0248. The fraction of sp³-hybridized carbons (Fsp3) is 0.867. The minimum atomic E-state index is -0.817. The molecule has 0 radical (unpaired) electrons. The first-order valence-electron chi connectivity index (χ1n) is 7.52. The Labute approximate surface area is 120 Å². The first-order chi connectivity index (χ1) is 9.48. The number of carboxylic acids is 1. The lowest BCUT2D eigenvalue weighted by Crippen LogP contribution is -2.48. The molecular formula is C15H25NO4. The van der Waals surface area contributed by atoms with Crippen molar-refractivity contribution >= 4 is 11.9 Å². The van der Waals surface area contributed by atoms with Gasteiger partial charge < -0.3 is 14.7 Å². The number of ether oxygens (including phenoxy) is 1. The van der Waals surface area contributed by atoms with Gasteiger partial charge in [0.2, 0.25) is 5.91 Å². The van der Waals surface area contributed by atoms with Crippen LogP contribution in [0.2, 0.25) is 0 Å². The molecule has 1 saturated heterocycles. The molecule has 114 valence electrons. The van der Waals surface area contributed by atoms with Gasteiger partial charge in [-0.15, -0.1) is 0 Å². The number of amides is 1. The predicted molar refractivity (Wildman–Crippen MR) is 74.3 cm³/mol. The number of rotatable bonds is 4. The Morgan fingerprint density at radius 2 is 2.00 bits per heavy atom. The van der Waals surface area contributed by atoms with Crippen molar-refractivity contribution in [2.24, 2.45) is 11.3 Å². The number of carbonyl (C=O) groups is 2. The zero-order valence-electron chi connectivity index (χ0n) is 12.4. The molecule has 0 aromatic heterocycles. The van der Waals surface area contributed by atoms with E-state index in [0.29, 0.717) is 25.3 Å². The van der Waals surface area contributed by atoms with Gasteiger partial charge in [-0.2, -0.15) is 0 Å². The van der Waals surface area contributed by atoms with Gasteiger partial charge in [-0.25, -0.2) is 0 Å². The zero-order chi connectivity index (χ0) is 14.8. The predicted octanol–water partition coefficient (Wildman–Crippen LogP) is 1.90. The molecular weight excluding hydrogens is 258 g/mol. The number of aliphatic carboxylic acids is 1. The molecule has 1 amide bonds. The van der Waals surface area contributed by atoms with Crippen LogP contribution in [-0.4, -0.2) is 48.2 Å². The second-order valence-electron chi connectivity index (χ2n) is 6.35. The van der Waals surface area contributed by atoms with Crippen molar-refractivity contribution in [1.29, 1.82) is 0 Å². The number of nitrogens with zero attached hydrogens (tertiary/aromatic N) is 1. The van der Waals surface area contributed by atoms with E-state index in [1.165, 1.54) is 0 Å². The second-order valence-corrected chi connectivity index (χ2v) is 6.35. The first-order valence-corrected chi connectivity index (χ1v) is 7.52. The van der Waals surface area contributed by atoms with Gasteiger partial charge in [0.05, 0.1) is 11.5 Å². The van der Waals surface area contributed by atoms with Crippen molar-refractivity contribution in [2.75, 3.05) is 20.2 Å². The molecule has 0 aromatic carbocycles. The highest BCUT2D eigenvalue weighted by molar-refractivity contribution is 5.85. The number of piperidine rings is 1. The molecule has 2 rings (SSSR count). The van der Waals surface area contributed by atoms with Crippen molar-refractivity contribution in [1.82, 2.24) is 4.90 Å². The molecule has 1 heterocycles. The standard InChI is InChI=1S/C15H25NO4/c1-11-5-8-16(10-12(11)20-2)13(17)9-15(14(18)19)6-3-4-7-15/h11-12H,3-10H2,1-2H3,(H,18,19). The smallest absolute Gasteiger partial charge is 0.310 e. The van der Waals surface area contributed by atoms with Crippen molar-refractivity contribution in [2.45, 2.75) is 51.6 Å². The summed E-state index contributed by atoms with van der Waals surface area (Å²) in [4.78, 5) is 25.7. The lowest BCUT2D eigenvalue weighted by molar-refractivity contribution is -0.154. The topological polar surface area (TPSA) is 66.8 Å². The van der Waals surface area contributed by atoms with E-state index in [9.17, 15) is 14.7 Å². The molecule has 0 bridgehead atoms. The van der Waals surface area contributed by atoms with Gasteiger partial charge in [-0.1, -0.05) is 19.8 Å². The molecule has 2 unspecified atom stereocenters. The second kappa shape index (κ2) is 6.12. The van der Waals surface area contributed by atoms with Crippen LogP contribution in [0.15, 0.2) is 0 Å². The quantitative estimate of drug-likeness (QED) is 0.855. The summed E-state index contributed by atoms with van der Waals surface area (Å²) in [6.45, 7) is 3.44. The van der Waals surface area contributed by atoms with Crippen LogP contribution in [-0.2, 0) is 14.3 Å². The molecule has 1 aliphatic carbocycles. The Morgan fingerprint density at radius 1 is 1.35 bits per heavy atom. The van der Waals surface area contributed by atoms with E-state index in [0.717, 1.165) is 25.8 Å². The monoisotopic (exact) mass is 283 g/mol. The summed E-state index contributed by atoms with van der Waals surface area (Å²) in [5.41, 5.74) is -0.817. The number of hydrogen-bond donors (Lipinski definition) is 1. The maximum absolute atomic E-state index is 12.4. The van der Waals surface area contributed by atoms with Gasteiger partial charge >= 0.3 is 5.97 Å². The highest BCUT2D eigenvalue weighted by atomic mass is 16.5. The van der Waals surface area contributed by atoms with E-state index in [4.69, 9.17) is 4.74 Å². The summed E-state index contributed by atoms with van der Waals surface area (Å²) in [5, 5.41) is 9.46. The van der Waals surface area contributed by atoms with Gasteiger partial charge in [0.15, 0.2) is 0 Å². The third kappa shape index (κ3) is 2.97. The molecule has 5 nitrogen and oxygen atoms in total. The number of carboxylic acid groups (broad SMARTS) is 1. The lowest BCUT2D eigenvalue weighted by Gasteiger charge is -2.37. The molecule has 0 aromatic rings. The van der Waals surface area contributed by atoms with Crippen LogP contribution in [0, 0.1) is 11.3 Å². The molecule has 2 aliphatic rings. The first kappa shape index (κ1) is 15.3. The summed E-state index contributed by atoms with van der Waals surface area (Å²) in [7, 11) is 1.67. The van der Waals surface area contributed by atoms with E-state index in [2.05, 4.69) is 6.92 Å². The van der Waals surface area contributed by atoms with Crippen molar-refractivity contribution < 1.29 is 19.4 Å². The van der Waals surface area contributed by atoms with E-state index < -0.39 is 11.4 Å². The normalized spacial score (nSPS) is 29.4. The average Bonchev–Trinajstić information content (AvgIpc) is 2.89. The highest BCUT2D eigenvalue weighted by Gasteiger charge is 2.44. The molecule has 2 atom stereocenters. The number of hydrogen-bond acceptors (Lipinski definition) is 3. The molecule has 5 heteroatoms. The van der Waals surface area contributed by atoms with Crippen molar-refractivity contribution in [3.63, 3.8) is 0 Å². The van der Waals surface area contributed by atoms with Crippen LogP contribution < -0.4 is 0 Å². The lowest BCUT2D eigenvalue weighted by atomic mass is 9.82. The van der Waals surface area contributed by atoms with E-state index >= 15 is 0 Å². The zero-order valence-corrected chi connectivity index (χ0v) is 12.4.